The second kappa shape index (κ2) is 7.88. The van der Waals surface area contributed by atoms with E-state index in [2.05, 4.69) is 33.1 Å². The molecule has 1 N–H and O–H groups in total. The summed E-state index contributed by atoms with van der Waals surface area (Å²) in [7, 11) is 0. The van der Waals surface area contributed by atoms with E-state index in [0.717, 1.165) is 31.9 Å². The van der Waals surface area contributed by atoms with Gasteiger partial charge in [0.2, 0.25) is 0 Å². The highest BCUT2D eigenvalue weighted by molar-refractivity contribution is 5.40. The Morgan fingerprint density at radius 1 is 1.08 bits per heavy atom. The SMILES string of the molecule is O[C@]1(CN2CCCC2)COCCN(Cc2ccccc2-n2cccn2)C1. The van der Waals surface area contributed by atoms with Gasteiger partial charge in [-0.25, -0.2) is 4.68 Å². The molecule has 0 amide bonds. The Morgan fingerprint density at radius 2 is 1.92 bits per heavy atom. The number of hydrogen-bond donors (Lipinski definition) is 1. The summed E-state index contributed by atoms with van der Waals surface area (Å²) in [4.78, 5) is 4.68. The average molecular weight is 356 g/mol. The number of aromatic nitrogens is 2. The van der Waals surface area contributed by atoms with E-state index >= 15 is 0 Å². The van der Waals surface area contributed by atoms with Crippen LogP contribution in [0.15, 0.2) is 42.7 Å². The molecule has 0 spiro atoms. The molecule has 2 aliphatic heterocycles. The summed E-state index contributed by atoms with van der Waals surface area (Å²) in [5.74, 6) is 0. The van der Waals surface area contributed by atoms with Gasteiger partial charge in [-0.2, -0.15) is 5.10 Å². The zero-order chi connectivity index (χ0) is 17.8. The van der Waals surface area contributed by atoms with Crippen LogP contribution < -0.4 is 0 Å². The van der Waals surface area contributed by atoms with Gasteiger partial charge in [-0.05, 0) is 43.6 Å². The molecule has 0 bridgehead atoms. The third kappa shape index (κ3) is 4.15. The van der Waals surface area contributed by atoms with Gasteiger partial charge in [-0.1, -0.05) is 18.2 Å². The van der Waals surface area contributed by atoms with E-state index in [4.69, 9.17) is 4.74 Å². The predicted molar refractivity (Wildman–Crippen MR) is 100 cm³/mol. The molecule has 0 radical (unpaired) electrons. The highest BCUT2D eigenvalue weighted by atomic mass is 16.5. The van der Waals surface area contributed by atoms with E-state index in [1.807, 2.05) is 23.0 Å². The first-order valence-corrected chi connectivity index (χ1v) is 9.55. The van der Waals surface area contributed by atoms with E-state index in [1.165, 1.54) is 18.4 Å². The smallest absolute Gasteiger partial charge is 0.113 e. The molecule has 0 unspecified atom stereocenters. The lowest BCUT2D eigenvalue weighted by atomic mass is 10.0. The number of β-amino-alcohol motifs (C(OH)–C–C–N with tert-alkyl or cyclic N) is 1. The van der Waals surface area contributed by atoms with Crippen LogP contribution in [-0.2, 0) is 11.3 Å². The maximum atomic E-state index is 11.2. The Balaban J connectivity index is 1.49. The first-order valence-electron chi connectivity index (χ1n) is 9.55. The van der Waals surface area contributed by atoms with E-state index in [0.29, 0.717) is 26.3 Å². The van der Waals surface area contributed by atoms with Crippen LogP contribution in [0.2, 0.25) is 0 Å². The van der Waals surface area contributed by atoms with Crippen molar-refractivity contribution < 1.29 is 9.84 Å². The molecule has 3 heterocycles. The molecule has 2 saturated heterocycles. The molecule has 1 aromatic carbocycles. The van der Waals surface area contributed by atoms with Crippen LogP contribution in [0.1, 0.15) is 18.4 Å². The largest absolute Gasteiger partial charge is 0.385 e. The fourth-order valence-electron chi connectivity index (χ4n) is 4.10. The highest BCUT2D eigenvalue weighted by Gasteiger charge is 2.35. The number of benzene rings is 1. The van der Waals surface area contributed by atoms with Gasteiger partial charge in [0.25, 0.3) is 0 Å². The van der Waals surface area contributed by atoms with Gasteiger partial charge in [-0.3, -0.25) is 4.90 Å². The van der Waals surface area contributed by atoms with Crippen molar-refractivity contribution in [3.8, 4) is 5.69 Å². The monoisotopic (exact) mass is 356 g/mol. The van der Waals surface area contributed by atoms with Crippen molar-refractivity contribution in [3.05, 3.63) is 48.3 Å². The molecule has 2 aliphatic rings. The van der Waals surface area contributed by atoms with E-state index in [1.54, 1.807) is 6.20 Å². The van der Waals surface area contributed by atoms with E-state index in [9.17, 15) is 5.11 Å². The Morgan fingerprint density at radius 3 is 2.73 bits per heavy atom. The van der Waals surface area contributed by atoms with Crippen molar-refractivity contribution in [1.82, 2.24) is 19.6 Å². The Kier molecular flexibility index (Phi) is 5.36. The zero-order valence-electron chi connectivity index (χ0n) is 15.3. The number of aliphatic hydroxyl groups is 1. The van der Waals surface area contributed by atoms with E-state index < -0.39 is 5.60 Å². The van der Waals surface area contributed by atoms with Crippen LogP contribution in [0.5, 0.6) is 0 Å². The summed E-state index contributed by atoms with van der Waals surface area (Å²) in [6.07, 6.45) is 6.23. The minimum Gasteiger partial charge on any atom is -0.385 e. The molecule has 6 nitrogen and oxygen atoms in total. The number of ether oxygens (including phenoxy) is 1. The molecule has 140 valence electrons. The fraction of sp³-hybridized carbons (Fsp3) is 0.550. The number of likely N-dealkylation sites (tertiary alicyclic amines) is 1. The summed E-state index contributed by atoms with van der Waals surface area (Å²) in [6, 6.07) is 10.3. The van der Waals surface area contributed by atoms with Crippen molar-refractivity contribution in [3.63, 3.8) is 0 Å². The summed E-state index contributed by atoms with van der Waals surface area (Å²) in [5.41, 5.74) is 1.49. The second-order valence-corrected chi connectivity index (χ2v) is 7.55. The van der Waals surface area contributed by atoms with Gasteiger partial charge in [0.05, 0.1) is 18.9 Å². The normalized spacial score (nSPS) is 25.4. The van der Waals surface area contributed by atoms with Crippen molar-refractivity contribution in [2.24, 2.45) is 0 Å². The van der Waals surface area contributed by atoms with E-state index in [-0.39, 0.29) is 0 Å². The molecule has 2 aromatic rings. The third-order valence-corrected chi connectivity index (χ3v) is 5.29. The topological polar surface area (TPSA) is 53.8 Å². The standard InChI is InChI=1S/C20H28N4O2/c25-20(15-22-9-3-4-10-22)16-23(12-13-26-17-20)14-18-6-1-2-7-19(18)24-11-5-8-21-24/h1-2,5-8,11,25H,3-4,9-10,12-17H2/t20-/m0/s1. The number of para-hydroxylation sites is 1. The van der Waals surface area contributed by atoms with Crippen molar-refractivity contribution in [2.75, 3.05) is 45.9 Å². The van der Waals surface area contributed by atoms with Crippen LogP contribution >= 0.6 is 0 Å². The molecule has 0 saturated carbocycles. The predicted octanol–water partition coefficient (Wildman–Crippen LogP) is 1.53. The first-order chi connectivity index (χ1) is 12.7. The van der Waals surface area contributed by atoms with Gasteiger partial charge in [0.1, 0.15) is 5.60 Å². The van der Waals surface area contributed by atoms with Gasteiger partial charge in [-0.15, -0.1) is 0 Å². The van der Waals surface area contributed by atoms with Crippen LogP contribution in [0.4, 0.5) is 0 Å². The Hall–Kier alpha value is -1.73. The first kappa shape index (κ1) is 17.7. The molecule has 1 aromatic heterocycles. The van der Waals surface area contributed by atoms with Crippen LogP contribution in [0, 0.1) is 0 Å². The number of hydrogen-bond acceptors (Lipinski definition) is 5. The molecular formula is C20H28N4O2. The summed E-state index contributed by atoms with van der Waals surface area (Å²) >= 11 is 0. The zero-order valence-corrected chi connectivity index (χ0v) is 15.3. The summed E-state index contributed by atoms with van der Waals surface area (Å²) < 4.78 is 7.66. The maximum absolute atomic E-state index is 11.2. The number of nitrogens with zero attached hydrogens (tertiary/aromatic N) is 4. The van der Waals surface area contributed by atoms with Gasteiger partial charge < -0.3 is 14.7 Å². The van der Waals surface area contributed by atoms with Crippen molar-refractivity contribution >= 4 is 0 Å². The molecule has 0 aliphatic carbocycles. The lowest BCUT2D eigenvalue weighted by molar-refractivity contribution is -0.0548. The van der Waals surface area contributed by atoms with Gasteiger partial charge >= 0.3 is 0 Å². The summed E-state index contributed by atoms with van der Waals surface area (Å²) in [5, 5.41) is 15.6. The quantitative estimate of drug-likeness (QED) is 0.881. The van der Waals surface area contributed by atoms with Crippen LogP contribution in [0.25, 0.3) is 5.69 Å². The van der Waals surface area contributed by atoms with Gasteiger partial charge in [0.15, 0.2) is 0 Å². The van der Waals surface area contributed by atoms with Crippen molar-refractivity contribution in [1.29, 1.82) is 0 Å². The molecular weight excluding hydrogens is 328 g/mol. The lowest BCUT2D eigenvalue weighted by Gasteiger charge is -2.34. The number of rotatable bonds is 5. The summed E-state index contributed by atoms with van der Waals surface area (Å²) in [6.45, 7) is 6.20. The minimum atomic E-state index is -0.804. The average Bonchev–Trinajstić information content (AvgIpc) is 3.30. The molecule has 2 fully saturated rings. The molecule has 6 heteroatoms. The Bertz CT molecular complexity index is 700. The van der Waals surface area contributed by atoms with Gasteiger partial charge in [0, 0.05) is 38.6 Å². The minimum absolute atomic E-state index is 0.417. The molecule has 4 rings (SSSR count). The lowest BCUT2D eigenvalue weighted by Crippen LogP contribution is -2.51. The Labute approximate surface area is 155 Å². The van der Waals surface area contributed by atoms with Crippen molar-refractivity contribution in [2.45, 2.75) is 25.0 Å². The molecule has 26 heavy (non-hydrogen) atoms. The maximum Gasteiger partial charge on any atom is 0.113 e. The third-order valence-electron chi connectivity index (χ3n) is 5.29. The second-order valence-electron chi connectivity index (χ2n) is 7.55. The van der Waals surface area contributed by atoms with Crippen LogP contribution in [-0.4, -0.2) is 76.2 Å². The van der Waals surface area contributed by atoms with Crippen LogP contribution in [0.3, 0.4) is 0 Å². The highest BCUT2D eigenvalue weighted by Crippen LogP contribution is 2.21. The molecule has 1 atom stereocenters. The fourth-order valence-corrected chi connectivity index (χ4v) is 4.10.